The number of rotatable bonds is 5. The lowest BCUT2D eigenvalue weighted by molar-refractivity contribution is 0.0696. The first-order chi connectivity index (χ1) is 9.52. The molecule has 106 valence electrons. The number of methoxy groups -OCH3 is 1. The smallest absolute Gasteiger partial charge is 0.337 e. The maximum Gasteiger partial charge on any atom is 0.337 e. The number of hydrogen-bond donors (Lipinski definition) is 1. The highest BCUT2D eigenvalue weighted by Gasteiger charge is 2.14. The molecular weight excluding hydrogens is 254 g/mol. The van der Waals surface area contributed by atoms with Crippen LogP contribution in [-0.2, 0) is 13.0 Å². The molecule has 0 bridgehead atoms. The van der Waals surface area contributed by atoms with Gasteiger partial charge in [-0.3, -0.25) is 0 Å². The monoisotopic (exact) mass is 273 g/mol. The van der Waals surface area contributed by atoms with E-state index in [0.29, 0.717) is 5.56 Å². The fraction of sp³-hybridized carbons (Fsp3) is 0.312. The SMILES string of the molecule is COc1cccc(CCn2c(C)cc(C(=O)O)c2C)c1. The van der Waals surface area contributed by atoms with Gasteiger partial charge >= 0.3 is 5.97 Å². The Hall–Kier alpha value is -2.23. The Kier molecular flexibility index (Phi) is 4.13. The maximum absolute atomic E-state index is 11.1. The Morgan fingerprint density at radius 3 is 2.65 bits per heavy atom. The summed E-state index contributed by atoms with van der Waals surface area (Å²) >= 11 is 0. The van der Waals surface area contributed by atoms with Crippen LogP contribution in [0.25, 0.3) is 0 Å². The van der Waals surface area contributed by atoms with Gasteiger partial charge in [0.25, 0.3) is 0 Å². The third kappa shape index (κ3) is 2.85. The summed E-state index contributed by atoms with van der Waals surface area (Å²) in [7, 11) is 1.65. The molecule has 0 saturated heterocycles. The van der Waals surface area contributed by atoms with Crippen molar-refractivity contribution < 1.29 is 14.6 Å². The topological polar surface area (TPSA) is 51.5 Å². The van der Waals surface area contributed by atoms with E-state index in [1.54, 1.807) is 13.2 Å². The van der Waals surface area contributed by atoms with Crippen molar-refractivity contribution >= 4 is 5.97 Å². The number of aryl methyl sites for hydroxylation is 2. The lowest BCUT2D eigenvalue weighted by Crippen LogP contribution is -2.07. The first-order valence-electron chi connectivity index (χ1n) is 6.56. The van der Waals surface area contributed by atoms with Crippen LogP contribution in [0.1, 0.15) is 27.3 Å². The van der Waals surface area contributed by atoms with Crippen molar-refractivity contribution in [2.45, 2.75) is 26.8 Å². The van der Waals surface area contributed by atoms with Gasteiger partial charge in [-0.25, -0.2) is 4.79 Å². The predicted molar refractivity (Wildman–Crippen MR) is 77.6 cm³/mol. The van der Waals surface area contributed by atoms with Crippen molar-refractivity contribution in [3.8, 4) is 5.75 Å². The number of aromatic nitrogens is 1. The largest absolute Gasteiger partial charge is 0.497 e. The van der Waals surface area contributed by atoms with Gasteiger partial charge < -0.3 is 14.4 Å². The highest BCUT2D eigenvalue weighted by molar-refractivity contribution is 5.89. The van der Waals surface area contributed by atoms with Gasteiger partial charge in [-0.1, -0.05) is 12.1 Å². The van der Waals surface area contributed by atoms with Crippen LogP contribution in [0, 0.1) is 13.8 Å². The molecule has 0 saturated carbocycles. The molecule has 1 heterocycles. The summed E-state index contributed by atoms with van der Waals surface area (Å²) in [5, 5.41) is 9.13. The Bertz CT molecular complexity index is 629. The molecule has 1 N–H and O–H groups in total. The van der Waals surface area contributed by atoms with Gasteiger partial charge in [0.1, 0.15) is 5.75 Å². The molecule has 0 atom stereocenters. The standard InChI is InChI=1S/C16H19NO3/c1-11-9-15(16(18)19)12(2)17(11)8-7-13-5-4-6-14(10-13)20-3/h4-6,9-10H,7-8H2,1-3H3,(H,18,19). The molecule has 0 fully saturated rings. The zero-order chi connectivity index (χ0) is 14.7. The molecule has 2 aromatic rings. The number of ether oxygens (including phenoxy) is 1. The van der Waals surface area contributed by atoms with E-state index in [0.717, 1.165) is 30.1 Å². The van der Waals surface area contributed by atoms with E-state index in [-0.39, 0.29) is 0 Å². The van der Waals surface area contributed by atoms with Crippen LogP contribution in [0.5, 0.6) is 5.75 Å². The van der Waals surface area contributed by atoms with E-state index in [2.05, 4.69) is 6.07 Å². The van der Waals surface area contributed by atoms with Crippen molar-refractivity contribution in [1.29, 1.82) is 0 Å². The molecule has 0 spiro atoms. The van der Waals surface area contributed by atoms with Crippen molar-refractivity contribution in [2.75, 3.05) is 7.11 Å². The summed E-state index contributed by atoms with van der Waals surface area (Å²) in [5.74, 6) is -0.0274. The Morgan fingerprint density at radius 1 is 1.30 bits per heavy atom. The van der Waals surface area contributed by atoms with Gasteiger partial charge in [-0.2, -0.15) is 0 Å². The third-order valence-corrected chi connectivity index (χ3v) is 3.56. The molecule has 0 aliphatic rings. The fourth-order valence-corrected chi connectivity index (χ4v) is 2.43. The summed E-state index contributed by atoms with van der Waals surface area (Å²) < 4.78 is 7.25. The molecule has 1 aromatic carbocycles. The molecule has 0 radical (unpaired) electrons. The Morgan fingerprint density at radius 2 is 2.05 bits per heavy atom. The highest BCUT2D eigenvalue weighted by Crippen LogP contribution is 2.18. The Balaban J connectivity index is 2.16. The number of aromatic carboxylic acids is 1. The second-order valence-electron chi connectivity index (χ2n) is 4.84. The van der Waals surface area contributed by atoms with E-state index >= 15 is 0 Å². The quantitative estimate of drug-likeness (QED) is 0.911. The lowest BCUT2D eigenvalue weighted by Gasteiger charge is -2.10. The van der Waals surface area contributed by atoms with Crippen molar-refractivity contribution in [3.05, 3.63) is 52.8 Å². The number of nitrogens with zero attached hydrogens (tertiary/aromatic N) is 1. The minimum absolute atomic E-state index is 0.383. The lowest BCUT2D eigenvalue weighted by atomic mass is 10.1. The fourth-order valence-electron chi connectivity index (χ4n) is 2.43. The van der Waals surface area contributed by atoms with Gasteiger partial charge in [-0.15, -0.1) is 0 Å². The van der Waals surface area contributed by atoms with Crippen LogP contribution in [0.15, 0.2) is 30.3 Å². The van der Waals surface area contributed by atoms with E-state index < -0.39 is 5.97 Å². The van der Waals surface area contributed by atoms with Gasteiger partial charge in [-0.05, 0) is 44.0 Å². The highest BCUT2D eigenvalue weighted by atomic mass is 16.5. The minimum Gasteiger partial charge on any atom is -0.497 e. The number of benzene rings is 1. The molecule has 0 aliphatic carbocycles. The first-order valence-corrected chi connectivity index (χ1v) is 6.56. The molecular formula is C16H19NO3. The summed E-state index contributed by atoms with van der Waals surface area (Å²) in [6.45, 7) is 4.55. The summed E-state index contributed by atoms with van der Waals surface area (Å²) in [5.41, 5.74) is 3.34. The van der Waals surface area contributed by atoms with Crippen LogP contribution in [0.2, 0.25) is 0 Å². The van der Waals surface area contributed by atoms with E-state index in [9.17, 15) is 4.79 Å². The molecule has 0 amide bonds. The van der Waals surface area contributed by atoms with Crippen LogP contribution < -0.4 is 4.74 Å². The molecule has 0 unspecified atom stereocenters. The number of carbonyl (C=O) groups is 1. The van der Waals surface area contributed by atoms with E-state index in [4.69, 9.17) is 9.84 Å². The summed E-state index contributed by atoms with van der Waals surface area (Å²) in [6.07, 6.45) is 0.840. The van der Waals surface area contributed by atoms with E-state index in [1.165, 1.54) is 5.56 Å². The van der Waals surface area contributed by atoms with Gasteiger partial charge in [0.15, 0.2) is 0 Å². The van der Waals surface area contributed by atoms with Crippen LogP contribution in [0.4, 0.5) is 0 Å². The second-order valence-corrected chi connectivity index (χ2v) is 4.84. The Labute approximate surface area is 118 Å². The van der Waals surface area contributed by atoms with Gasteiger partial charge in [0, 0.05) is 17.9 Å². The number of carboxylic acid groups (broad SMARTS) is 1. The summed E-state index contributed by atoms with van der Waals surface area (Å²) in [4.78, 5) is 11.1. The third-order valence-electron chi connectivity index (χ3n) is 3.56. The molecule has 4 nitrogen and oxygen atoms in total. The normalized spacial score (nSPS) is 10.6. The predicted octanol–water partition coefficient (Wildman–Crippen LogP) is 3.05. The average molecular weight is 273 g/mol. The summed E-state index contributed by atoms with van der Waals surface area (Å²) in [6, 6.07) is 9.66. The molecule has 2 rings (SSSR count). The minimum atomic E-state index is -0.870. The molecule has 20 heavy (non-hydrogen) atoms. The van der Waals surface area contributed by atoms with Crippen molar-refractivity contribution in [2.24, 2.45) is 0 Å². The van der Waals surface area contributed by atoms with Gasteiger partial charge in [0.2, 0.25) is 0 Å². The molecule has 1 aromatic heterocycles. The van der Waals surface area contributed by atoms with Gasteiger partial charge in [0.05, 0.1) is 12.7 Å². The molecule has 0 aliphatic heterocycles. The van der Waals surface area contributed by atoms with E-state index in [1.807, 2.05) is 36.6 Å². The second kappa shape index (κ2) is 5.82. The van der Waals surface area contributed by atoms with Crippen LogP contribution in [-0.4, -0.2) is 22.8 Å². The first kappa shape index (κ1) is 14.2. The van der Waals surface area contributed by atoms with Crippen LogP contribution in [0.3, 0.4) is 0 Å². The van der Waals surface area contributed by atoms with Crippen LogP contribution >= 0.6 is 0 Å². The number of carboxylic acids is 1. The number of hydrogen-bond acceptors (Lipinski definition) is 2. The zero-order valence-electron chi connectivity index (χ0n) is 12.0. The average Bonchev–Trinajstić information content (AvgIpc) is 2.72. The van der Waals surface area contributed by atoms with Crippen molar-refractivity contribution in [1.82, 2.24) is 4.57 Å². The van der Waals surface area contributed by atoms with Crippen molar-refractivity contribution in [3.63, 3.8) is 0 Å². The zero-order valence-corrected chi connectivity index (χ0v) is 12.0. The maximum atomic E-state index is 11.1. The molecule has 4 heteroatoms.